The van der Waals surface area contributed by atoms with Crippen molar-refractivity contribution in [1.29, 1.82) is 0 Å². The molecule has 1 atom stereocenters. The van der Waals surface area contributed by atoms with Gasteiger partial charge in [-0.2, -0.15) is 0 Å². The number of nitrogens with zero attached hydrogens (tertiary/aromatic N) is 3. The van der Waals surface area contributed by atoms with Crippen LogP contribution in [0.3, 0.4) is 0 Å². The van der Waals surface area contributed by atoms with Gasteiger partial charge in [0.1, 0.15) is 11.6 Å². The first kappa shape index (κ1) is 15.1. The number of ether oxygens (including phenoxy) is 2. The van der Waals surface area contributed by atoms with Crippen molar-refractivity contribution in [2.75, 3.05) is 27.4 Å². The summed E-state index contributed by atoms with van der Waals surface area (Å²) in [6.45, 7) is 4.55. The Morgan fingerprint density at radius 2 is 2.00 bits per heavy atom. The van der Waals surface area contributed by atoms with Gasteiger partial charge in [0.05, 0.1) is 20.3 Å². The van der Waals surface area contributed by atoms with Crippen molar-refractivity contribution in [3.05, 3.63) is 48.0 Å². The molecule has 0 radical (unpaired) electrons. The van der Waals surface area contributed by atoms with Crippen LogP contribution in [0.25, 0.3) is 0 Å². The highest BCUT2D eigenvalue weighted by Crippen LogP contribution is 2.19. The standard InChI is InChI=1S/C17H23N3O2/c1-21-13-15-10-19(12-17-18-7-8-20(17)11-15)9-14-3-5-16(22-2)6-4-14/h3-8,15H,9-13H2,1-2H3/t15-/m0/s1. The largest absolute Gasteiger partial charge is 0.497 e. The van der Waals surface area contributed by atoms with Gasteiger partial charge in [-0.05, 0) is 17.7 Å². The molecule has 0 unspecified atom stereocenters. The highest BCUT2D eigenvalue weighted by molar-refractivity contribution is 5.27. The summed E-state index contributed by atoms with van der Waals surface area (Å²) < 4.78 is 12.8. The molecule has 0 bridgehead atoms. The van der Waals surface area contributed by atoms with E-state index < -0.39 is 0 Å². The number of fused-ring (bicyclic) bond motifs is 1. The zero-order valence-corrected chi connectivity index (χ0v) is 13.2. The van der Waals surface area contributed by atoms with E-state index in [0.29, 0.717) is 5.92 Å². The molecule has 0 amide bonds. The molecule has 0 N–H and O–H groups in total. The summed E-state index contributed by atoms with van der Waals surface area (Å²) in [6, 6.07) is 8.28. The first-order chi connectivity index (χ1) is 10.8. The van der Waals surface area contributed by atoms with E-state index in [2.05, 4.69) is 32.8 Å². The number of imidazole rings is 1. The molecule has 0 saturated heterocycles. The topological polar surface area (TPSA) is 39.5 Å². The number of methoxy groups -OCH3 is 2. The van der Waals surface area contributed by atoms with Crippen LogP contribution in [0.15, 0.2) is 36.7 Å². The third-order valence-corrected chi connectivity index (χ3v) is 4.11. The first-order valence-electron chi connectivity index (χ1n) is 7.62. The van der Waals surface area contributed by atoms with Gasteiger partial charge in [-0.3, -0.25) is 4.90 Å². The summed E-state index contributed by atoms with van der Waals surface area (Å²) in [5.41, 5.74) is 1.29. The van der Waals surface area contributed by atoms with Gasteiger partial charge in [-0.1, -0.05) is 12.1 Å². The Bertz CT molecular complexity index is 594. The Kier molecular flexibility index (Phi) is 4.75. The quantitative estimate of drug-likeness (QED) is 0.848. The molecule has 22 heavy (non-hydrogen) atoms. The van der Waals surface area contributed by atoms with Gasteiger partial charge in [0, 0.05) is 45.1 Å². The summed E-state index contributed by atoms with van der Waals surface area (Å²) in [7, 11) is 3.46. The van der Waals surface area contributed by atoms with Gasteiger partial charge in [0.25, 0.3) is 0 Å². The van der Waals surface area contributed by atoms with Crippen molar-refractivity contribution in [3.8, 4) is 5.75 Å². The number of benzene rings is 1. The van der Waals surface area contributed by atoms with Gasteiger partial charge in [-0.25, -0.2) is 4.98 Å². The summed E-state index contributed by atoms with van der Waals surface area (Å²) >= 11 is 0. The smallest absolute Gasteiger partial charge is 0.122 e. The summed E-state index contributed by atoms with van der Waals surface area (Å²) in [4.78, 5) is 6.93. The van der Waals surface area contributed by atoms with Crippen molar-refractivity contribution in [2.45, 2.75) is 19.6 Å². The predicted octanol–water partition coefficient (Wildman–Crippen LogP) is 2.17. The van der Waals surface area contributed by atoms with Gasteiger partial charge in [-0.15, -0.1) is 0 Å². The zero-order valence-electron chi connectivity index (χ0n) is 13.2. The maximum Gasteiger partial charge on any atom is 0.122 e. The molecule has 118 valence electrons. The van der Waals surface area contributed by atoms with Crippen molar-refractivity contribution in [3.63, 3.8) is 0 Å². The van der Waals surface area contributed by atoms with Crippen molar-refractivity contribution in [1.82, 2.24) is 14.5 Å². The fourth-order valence-electron chi connectivity index (χ4n) is 3.07. The van der Waals surface area contributed by atoms with Crippen LogP contribution < -0.4 is 4.74 Å². The minimum atomic E-state index is 0.485. The number of rotatable bonds is 5. The normalized spacial score (nSPS) is 18.7. The molecule has 3 rings (SSSR count). The highest BCUT2D eigenvalue weighted by atomic mass is 16.5. The predicted molar refractivity (Wildman–Crippen MR) is 84.7 cm³/mol. The molecule has 1 aliphatic rings. The van der Waals surface area contributed by atoms with Crippen LogP contribution in [-0.4, -0.2) is 41.8 Å². The molecule has 0 aliphatic carbocycles. The lowest BCUT2D eigenvalue weighted by Gasteiger charge is -2.23. The van der Waals surface area contributed by atoms with E-state index in [0.717, 1.165) is 44.4 Å². The lowest BCUT2D eigenvalue weighted by molar-refractivity contribution is 0.115. The van der Waals surface area contributed by atoms with E-state index >= 15 is 0 Å². The number of aromatic nitrogens is 2. The maximum atomic E-state index is 5.38. The third kappa shape index (κ3) is 3.48. The molecule has 1 aromatic carbocycles. The Balaban J connectivity index is 1.73. The molecular weight excluding hydrogens is 278 g/mol. The summed E-state index contributed by atoms with van der Waals surface area (Å²) in [6.07, 6.45) is 3.95. The van der Waals surface area contributed by atoms with Gasteiger partial charge >= 0.3 is 0 Å². The maximum absolute atomic E-state index is 5.38. The average molecular weight is 301 g/mol. The van der Waals surface area contributed by atoms with Crippen molar-refractivity contribution >= 4 is 0 Å². The van der Waals surface area contributed by atoms with E-state index in [1.165, 1.54) is 5.56 Å². The molecule has 1 aliphatic heterocycles. The molecule has 1 aromatic heterocycles. The summed E-state index contributed by atoms with van der Waals surface area (Å²) in [5, 5.41) is 0. The lowest BCUT2D eigenvalue weighted by Crippen LogP contribution is -2.29. The van der Waals surface area contributed by atoms with E-state index in [1.807, 2.05) is 18.3 Å². The Hall–Kier alpha value is -1.85. The average Bonchev–Trinajstić information content (AvgIpc) is 2.88. The van der Waals surface area contributed by atoms with Gasteiger partial charge in [0.15, 0.2) is 0 Å². The SMILES string of the molecule is COC[C@H]1CN(Cc2ccc(OC)cc2)Cc2nccn2C1. The second kappa shape index (κ2) is 6.94. The van der Waals surface area contributed by atoms with E-state index in [4.69, 9.17) is 9.47 Å². The molecule has 0 spiro atoms. The lowest BCUT2D eigenvalue weighted by atomic mass is 10.1. The fraction of sp³-hybridized carbons (Fsp3) is 0.471. The van der Waals surface area contributed by atoms with Crippen LogP contribution in [0, 0.1) is 5.92 Å². The van der Waals surface area contributed by atoms with Crippen molar-refractivity contribution < 1.29 is 9.47 Å². The summed E-state index contributed by atoms with van der Waals surface area (Å²) in [5.74, 6) is 2.51. The van der Waals surface area contributed by atoms with Gasteiger partial charge < -0.3 is 14.0 Å². The van der Waals surface area contributed by atoms with Crippen LogP contribution in [0.2, 0.25) is 0 Å². The molecule has 5 heteroatoms. The van der Waals surface area contributed by atoms with Crippen LogP contribution in [-0.2, 0) is 24.4 Å². The fourth-order valence-corrected chi connectivity index (χ4v) is 3.07. The molecule has 2 aromatic rings. The van der Waals surface area contributed by atoms with Crippen LogP contribution in [0.1, 0.15) is 11.4 Å². The minimum absolute atomic E-state index is 0.485. The van der Waals surface area contributed by atoms with E-state index in [1.54, 1.807) is 14.2 Å². The zero-order chi connectivity index (χ0) is 15.4. The van der Waals surface area contributed by atoms with Crippen LogP contribution >= 0.6 is 0 Å². The Morgan fingerprint density at radius 3 is 2.73 bits per heavy atom. The molecule has 0 saturated carbocycles. The van der Waals surface area contributed by atoms with Crippen molar-refractivity contribution in [2.24, 2.45) is 5.92 Å². The third-order valence-electron chi connectivity index (χ3n) is 4.11. The molecule has 2 heterocycles. The number of hydrogen-bond donors (Lipinski definition) is 0. The Labute approximate surface area is 131 Å². The van der Waals surface area contributed by atoms with Crippen LogP contribution in [0.5, 0.6) is 5.75 Å². The molecule has 5 nitrogen and oxygen atoms in total. The molecule has 0 fully saturated rings. The second-order valence-corrected chi connectivity index (χ2v) is 5.83. The van der Waals surface area contributed by atoms with Crippen LogP contribution in [0.4, 0.5) is 0 Å². The van der Waals surface area contributed by atoms with E-state index in [9.17, 15) is 0 Å². The first-order valence-corrected chi connectivity index (χ1v) is 7.62. The Morgan fingerprint density at radius 1 is 1.18 bits per heavy atom. The minimum Gasteiger partial charge on any atom is -0.497 e. The monoisotopic (exact) mass is 301 g/mol. The number of hydrogen-bond acceptors (Lipinski definition) is 4. The second-order valence-electron chi connectivity index (χ2n) is 5.83. The van der Waals surface area contributed by atoms with Gasteiger partial charge in [0.2, 0.25) is 0 Å². The highest BCUT2D eigenvalue weighted by Gasteiger charge is 2.22. The van der Waals surface area contributed by atoms with E-state index in [-0.39, 0.29) is 0 Å². The molecular formula is C17H23N3O2.